The molecule has 174 valence electrons. The number of aliphatic hydroxyl groups is 1. The summed E-state index contributed by atoms with van der Waals surface area (Å²) in [4.78, 5) is 12.6. The second-order valence-corrected chi connectivity index (χ2v) is 8.20. The van der Waals surface area contributed by atoms with Crippen molar-refractivity contribution in [1.82, 2.24) is 5.01 Å². The summed E-state index contributed by atoms with van der Waals surface area (Å²) in [5, 5.41) is 14.0. The molecule has 0 radical (unpaired) electrons. The van der Waals surface area contributed by atoms with E-state index in [1.165, 1.54) is 26.8 Å². The van der Waals surface area contributed by atoms with Crippen LogP contribution >= 0.6 is 0 Å². The Morgan fingerprint density at radius 1 is 1.13 bits per heavy atom. The largest absolute Gasteiger partial charge is 0.483 e. The molecule has 0 aliphatic carbocycles. The Morgan fingerprint density at radius 2 is 1.68 bits per heavy atom. The monoisotopic (exact) mass is 458 g/mol. The van der Waals surface area contributed by atoms with E-state index in [1.54, 1.807) is 25.1 Å². The highest BCUT2D eigenvalue weighted by Crippen LogP contribution is 2.51. The molecule has 2 rings (SSSR count). The third kappa shape index (κ3) is 4.21. The molecule has 31 heavy (non-hydrogen) atoms. The van der Waals surface area contributed by atoms with E-state index in [4.69, 9.17) is 4.74 Å². The first-order chi connectivity index (χ1) is 13.9. The molecule has 0 bridgehead atoms. The van der Waals surface area contributed by atoms with Gasteiger partial charge in [0.1, 0.15) is 11.5 Å². The fourth-order valence-corrected chi connectivity index (χ4v) is 2.84. The van der Waals surface area contributed by atoms with Crippen molar-refractivity contribution in [2.24, 2.45) is 10.5 Å². The van der Waals surface area contributed by atoms with Crippen LogP contribution in [0.5, 0.6) is 5.75 Å². The third-order valence-corrected chi connectivity index (χ3v) is 4.98. The molecule has 1 aromatic rings. The van der Waals surface area contributed by atoms with Crippen molar-refractivity contribution in [3.63, 3.8) is 0 Å². The van der Waals surface area contributed by atoms with Crippen molar-refractivity contribution in [3.8, 4) is 5.75 Å². The zero-order chi connectivity index (χ0) is 24.0. The van der Waals surface area contributed by atoms with E-state index in [2.05, 4.69) is 5.10 Å². The molecule has 0 saturated carbocycles. The number of halogens is 7. The van der Waals surface area contributed by atoms with E-state index in [-0.39, 0.29) is 10.8 Å². The summed E-state index contributed by atoms with van der Waals surface area (Å²) in [5.74, 6) is -13.2. The van der Waals surface area contributed by atoms with Gasteiger partial charge in [0.25, 0.3) is 5.91 Å². The van der Waals surface area contributed by atoms with Crippen LogP contribution in [0, 0.1) is 12.3 Å². The number of amides is 1. The standard InChI is InChI=1S/C19H21F7N2O3/c1-11-7-5-6-8-12(11)31-10-14(29)28-16(30,15(2,3)4)9-13(27-28)17(20,21)18(22,23)19(24,25)26/h5-8,30H,9-10H2,1-4H3/t16-/m0/s1. The number of benzene rings is 1. The number of rotatable bonds is 5. The van der Waals surface area contributed by atoms with Crippen LogP contribution in [0.4, 0.5) is 30.7 Å². The normalized spacial score (nSPS) is 20.6. The number of alkyl halides is 7. The molecule has 0 unspecified atom stereocenters. The summed E-state index contributed by atoms with van der Waals surface area (Å²) < 4.78 is 98.3. The van der Waals surface area contributed by atoms with E-state index in [0.717, 1.165) is 0 Å². The highest BCUT2D eigenvalue weighted by atomic mass is 19.4. The fraction of sp³-hybridized carbons (Fsp3) is 0.579. The second-order valence-electron chi connectivity index (χ2n) is 8.20. The van der Waals surface area contributed by atoms with Gasteiger partial charge in [-0.3, -0.25) is 4.79 Å². The average Bonchev–Trinajstić information content (AvgIpc) is 2.99. The lowest BCUT2D eigenvalue weighted by Crippen LogP contribution is -2.58. The number of hydrogen-bond donors (Lipinski definition) is 1. The van der Waals surface area contributed by atoms with Gasteiger partial charge in [0.2, 0.25) is 0 Å². The van der Waals surface area contributed by atoms with Crippen LogP contribution in [-0.2, 0) is 4.79 Å². The summed E-state index contributed by atoms with van der Waals surface area (Å²) >= 11 is 0. The first-order valence-electron chi connectivity index (χ1n) is 9.00. The number of hydrazone groups is 1. The second kappa shape index (κ2) is 7.64. The molecule has 1 heterocycles. The minimum Gasteiger partial charge on any atom is -0.483 e. The number of carbonyl (C=O) groups is 1. The Kier molecular flexibility index (Phi) is 6.14. The summed E-state index contributed by atoms with van der Waals surface area (Å²) in [5.41, 5.74) is -5.39. The predicted octanol–water partition coefficient (Wildman–Crippen LogP) is 4.53. The number of carbonyl (C=O) groups excluding carboxylic acids is 1. The van der Waals surface area contributed by atoms with Gasteiger partial charge in [-0.15, -0.1) is 0 Å². The fourth-order valence-electron chi connectivity index (χ4n) is 2.84. The van der Waals surface area contributed by atoms with Crippen molar-refractivity contribution in [2.75, 3.05) is 6.61 Å². The van der Waals surface area contributed by atoms with Crippen molar-refractivity contribution >= 4 is 11.6 Å². The van der Waals surface area contributed by atoms with Crippen LogP contribution < -0.4 is 4.74 Å². The van der Waals surface area contributed by atoms with Gasteiger partial charge in [-0.25, -0.2) is 0 Å². The maximum Gasteiger partial charge on any atom is 0.460 e. The van der Waals surface area contributed by atoms with Crippen LogP contribution in [-0.4, -0.2) is 52.1 Å². The molecular weight excluding hydrogens is 437 g/mol. The molecule has 0 aromatic heterocycles. The Labute approximate surface area is 173 Å². The molecule has 1 atom stereocenters. The maximum atomic E-state index is 14.2. The van der Waals surface area contributed by atoms with Crippen molar-refractivity contribution in [2.45, 2.75) is 57.9 Å². The average molecular weight is 458 g/mol. The smallest absolute Gasteiger partial charge is 0.460 e. The zero-order valence-corrected chi connectivity index (χ0v) is 17.0. The number of nitrogens with zero attached hydrogens (tertiary/aromatic N) is 2. The maximum absolute atomic E-state index is 14.2. The van der Waals surface area contributed by atoms with Gasteiger partial charge in [-0.1, -0.05) is 39.0 Å². The SMILES string of the molecule is Cc1ccccc1OCC(=O)N1N=C(C(F)(F)C(F)(F)C(F)(F)F)C[C@]1(O)C(C)(C)C. The Balaban J connectivity index is 2.41. The van der Waals surface area contributed by atoms with Gasteiger partial charge in [-0.2, -0.15) is 40.8 Å². The number of hydrogen-bond acceptors (Lipinski definition) is 4. The van der Waals surface area contributed by atoms with Gasteiger partial charge in [-0.05, 0) is 18.6 Å². The topological polar surface area (TPSA) is 62.1 Å². The van der Waals surface area contributed by atoms with Gasteiger partial charge in [0.15, 0.2) is 12.3 Å². The van der Waals surface area contributed by atoms with E-state index < -0.39 is 53.8 Å². The minimum absolute atomic E-state index is 0.0982. The molecule has 12 heteroatoms. The molecule has 1 amide bonds. The van der Waals surface area contributed by atoms with Crippen molar-refractivity contribution in [1.29, 1.82) is 0 Å². The predicted molar refractivity (Wildman–Crippen MR) is 95.9 cm³/mol. The van der Waals surface area contributed by atoms with Crippen LogP contribution in [0.15, 0.2) is 29.4 Å². The quantitative estimate of drug-likeness (QED) is 0.660. The molecule has 0 fully saturated rings. The van der Waals surface area contributed by atoms with E-state index in [1.807, 2.05) is 0 Å². The number of aryl methyl sites for hydroxylation is 1. The van der Waals surface area contributed by atoms with Crippen LogP contribution in [0.1, 0.15) is 32.8 Å². The Morgan fingerprint density at radius 3 is 2.16 bits per heavy atom. The lowest BCUT2D eigenvalue weighted by atomic mass is 9.79. The van der Waals surface area contributed by atoms with E-state index in [9.17, 15) is 40.6 Å². The summed E-state index contributed by atoms with van der Waals surface area (Å²) in [6.07, 6.45) is -7.99. The molecule has 0 saturated heterocycles. The van der Waals surface area contributed by atoms with Crippen molar-refractivity contribution in [3.05, 3.63) is 29.8 Å². The molecular formula is C19H21F7N2O3. The van der Waals surface area contributed by atoms with Gasteiger partial charge in [0, 0.05) is 11.8 Å². The van der Waals surface area contributed by atoms with Gasteiger partial charge in [0.05, 0.1) is 0 Å². The highest BCUT2D eigenvalue weighted by Gasteiger charge is 2.76. The molecule has 1 aliphatic rings. The van der Waals surface area contributed by atoms with Crippen molar-refractivity contribution < 1.29 is 45.4 Å². The van der Waals surface area contributed by atoms with Crippen LogP contribution in [0.25, 0.3) is 0 Å². The summed E-state index contributed by atoms with van der Waals surface area (Å²) in [6, 6.07) is 6.42. The van der Waals surface area contributed by atoms with Gasteiger partial charge < -0.3 is 9.84 Å². The molecule has 0 spiro atoms. The minimum atomic E-state index is -6.58. The summed E-state index contributed by atoms with van der Waals surface area (Å²) in [7, 11) is 0. The third-order valence-electron chi connectivity index (χ3n) is 4.98. The lowest BCUT2D eigenvalue weighted by molar-refractivity contribution is -0.336. The van der Waals surface area contributed by atoms with Crippen LogP contribution in [0.3, 0.4) is 0 Å². The highest BCUT2D eigenvalue weighted by molar-refractivity contribution is 5.96. The van der Waals surface area contributed by atoms with E-state index in [0.29, 0.717) is 5.56 Å². The first-order valence-corrected chi connectivity index (χ1v) is 9.00. The van der Waals surface area contributed by atoms with Crippen LogP contribution in [0.2, 0.25) is 0 Å². The zero-order valence-electron chi connectivity index (χ0n) is 17.0. The first kappa shape index (κ1) is 24.9. The molecule has 1 aliphatic heterocycles. The van der Waals surface area contributed by atoms with E-state index >= 15 is 0 Å². The number of para-hydroxylation sites is 1. The lowest BCUT2D eigenvalue weighted by Gasteiger charge is -2.41. The molecule has 1 N–H and O–H groups in total. The molecule has 1 aromatic carbocycles. The summed E-state index contributed by atoms with van der Waals surface area (Å²) in [6.45, 7) is 4.68. The number of ether oxygens (including phenoxy) is 1. The Hall–Kier alpha value is -2.37. The Bertz CT molecular complexity index is 878. The van der Waals surface area contributed by atoms with Gasteiger partial charge >= 0.3 is 18.0 Å². The molecule has 5 nitrogen and oxygen atoms in total.